The van der Waals surface area contributed by atoms with Gasteiger partial charge in [-0.3, -0.25) is 4.79 Å². The first-order chi connectivity index (χ1) is 11.1. The van der Waals surface area contributed by atoms with Crippen molar-refractivity contribution in [3.63, 3.8) is 0 Å². The predicted molar refractivity (Wildman–Crippen MR) is 93.7 cm³/mol. The Labute approximate surface area is 139 Å². The molecule has 0 fully saturated rings. The Bertz CT molecular complexity index is 867. The standard InChI is InChI=1S/C17H19ClN4O/c1-2-3-8-15-20-10-11-9-13(12-6-4-5-7-14(12)18)17(23)22(19)16(11)21-15/h6-7,9-10H,2-5,8,19H2,1H3. The molecule has 1 aliphatic carbocycles. The van der Waals surface area contributed by atoms with Gasteiger partial charge in [-0.15, -0.1) is 0 Å². The zero-order valence-corrected chi connectivity index (χ0v) is 13.8. The van der Waals surface area contributed by atoms with Crippen LogP contribution in [0.1, 0.15) is 44.0 Å². The first kappa shape index (κ1) is 15.7. The number of halogens is 1. The van der Waals surface area contributed by atoms with Crippen LogP contribution < -0.4 is 11.4 Å². The van der Waals surface area contributed by atoms with Crippen molar-refractivity contribution < 1.29 is 0 Å². The lowest BCUT2D eigenvalue weighted by atomic mass is 10.00. The summed E-state index contributed by atoms with van der Waals surface area (Å²) in [6, 6.07) is 1.78. The van der Waals surface area contributed by atoms with Gasteiger partial charge in [-0.25, -0.2) is 14.6 Å². The van der Waals surface area contributed by atoms with E-state index in [0.717, 1.165) is 47.7 Å². The average Bonchev–Trinajstić information content (AvgIpc) is 2.57. The molecule has 23 heavy (non-hydrogen) atoms. The summed E-state index contributed by atoms with van der Waals surface area (Å²) >= 11 is 6.25. The number of nitrogens with two attached hydrogens (primary N) is 1. The minimum Gasteiger partial charge on any atom is -0.334 e. The number of hydrogen-bond donors (Lipinski definition) is 1. The van der Waals surface area contributed by atoms with Crippen LogP contribution in [0.15, 0.2) is 34.2 Å². The quantitative estimate of drug-likeness (QED) is 0.874. The number of pyridine rings is 1. The Morgan fingerprint density at radius 1 is 1.35 bits per heavy atom. The van der Waals surface area contributed by atoms with Gasteiger partial charge in [0.2, 0.25) is 0 Å². The number of aryl methyl sites for hydroxylation is 1. The number of nitrogens with zero attached hydrogens (tertiary/aromatic N) is 3. The van der Waals surface area contributed by atoms with E-state index < -0.39 is 0 Å². The molecule has 0 bridgehead atoms. The van der Waals surface area contributed by atoms with E-state index in [1.165, 1.54) is 0 Å². The topological polar surface area (TPSA) is 73.8 Å². The summed E-state index contributed by atoms with van der Waals surface area (Å²) in [5.74, 6) is 6.70. The van der Waals surface area contributed by atoms with Gasteiger partial charge in [0.1, 0.15) is 5.82 Å². The van der Waals surface area contributed by atoms with Gasteiger partial charge in [0.15, 0.2) is 5.65 Å². The van der Waals surface area contributed by atoms with Gasteiger partial charge in [-0.05, 0) is 25.3 Å². The highest BCUT2D eigenvalue weighted by atomic mass is 35.5. The molecule has 2 aromatic heterocycles. The number of hydrogen-bond acceptors (Lipinski definition) is 4. The molecule has 6 heteroatoms. The molecule has 0 aromatic carbocycles. The van der Waals surface area contributed by atoms with Gasteiger partial charge >= 0.3 is 0 Å². The molecule has 0 spiro atoms. The number of unbranched alkanes of at least 4 members (excludes halogenated alkanes) is 1. The van der Waals surface area contributed by atoms with E-state index >= 15 is 0 Å². The zero-order valence-electron chi connectivity index (χ0n) is 13.1. The summed E-state index contributed by atoms with van der Waals surface area (Å²) in [7, 11) is 0. The van der Waals surface area contributed by atoms with Crippen molar-refractivity contribution in [3.8, 4) is 0 Å². The van der Waals surface area contributed by atoms with Crippen molar-refractivity contribution in [2.24, 2.45) is 0 Å². The monoisotopic (exact) mass is 330 g/mol. The molecule has 0 saturated carbocycles. The van der Waals surface area contributed by atoms with Crippen LogP contribution in [0.25, 0.3) is 16.6 Å². The van der Waals surface area contributed by atoms with Crippen LogP contribution in [0, 0.1) is 0 Å². The SMILES string of the molecule is CCCCc1ncc2cc(C3=CCCC=C3Cl)c(=O)n(N)c2n1. The van der Waals surface area contributed by atoms with Crippen LogP contribution in [0.5, 0.6) is 0 Å². The summed E-state index contributed by atoms with van der Waals surface area (Å²) in [6.45, 7) is 2.11. The second-order valence-corrected chi connectivity index (χ2v) is 6.06. The Morgan fingerprint density at radius 3 is 2.87 bits per heavy atom. The van der Waals surface area contributed by atoms with Crippen molar-refractivity contribution in [1.29, 1.82) is 0 Å². The smallest absolute Gasteiger partial charge is 0.278 e. The van der Waals surface area contributed by atoms with Gasteiger partial charge in [0, 0.05) is 28.6 Å². The van der Waals surface area contributed by atoms with Gasteiger partial charge in [0.25, 0.3) is 5.56 Å². The third kappa shape index (κ3) is 3.01. The number of allylic oxidation sites excluding steroid dienone is 4. The fourth-order valence-corrected chi connectivity index (χ4v) is 2.98. The minimum atomic E-state index is -0.294. The lowest BCUT2D eigenvalue weighted by Crippen LogP contribution is -2.31. The third-order valence-electron chi connectivity index (χ3n) is 3.96. The van der Waals surface area contributed by atoms with Crippen molar-refractivity contribution in [2.45, 2.75) is 39.0 Å². The van der Waals surface area contributed by atoms with Gasteiger partial charge in [-0.1, -0.05) is 37.1 Å². The molecule has 0 unspecified atom stereocenters. The van der Waals surface area contributed by atoms with Crippen molar-refractivity contribution in [2.75, 3.05) is 5.84 Å². The number of nitrogen functional groups attached to an aromatic ring is 1. The van der Waals surface area contributed by atoms with Gasteiger partial charge in [0.05, 0.1) is 5.56 Å². The van der Waals surface area contributed by atoms with E-state index in [2.05, 4.69) is 16.9 Å². The molecule has 0 radical (unpaired) electrons. The van der Waals surface area contributed by atoms with E-state index in [-0.39, 0.29) is 5.56 Å². The number of rotatable bonds is 4. The summed E-state index contributed by atoms with van der Waals surface area (Å²) in [5, 5.41) is 1.33. The molecule has 0 amide bonds. The molecule has 2 heterocycles. The largest absolute Gasteiger partial charge is 0.334 e. The molecular weight excluding hydrogens is 312 g/mol. The molecule has 5 nitrogen and oxygen atoms in total. The lowest BCUT2D eigenvalue weighted by molar-refractivity contribution is 0.752. The minimum absolute atomic E-state index is 0.294. The Kier molecular flexibility index (Phi) is 4.48. The van der Waals surface area contributed by atoms with E-state index in [9.17, 15) is 4.79 Å². The highest BCUT2D eigenvalue weighted by Gasteiger charge is 2.16. The molecule has 120 valence electrons. The molecule has 2 aromatic rings. The lowest BCUT2D eigenvalue weighted by Gasteiger charge is -2.13. The summed E-state index contributed by atoms with van der Waals surface area (Å²) in [5.41, 5.74) is 1.39. The van der Waals surface area contributed by atoms with E-state index in [4.69, 9.17) is 17.4 Å². The first-order valence-electron chi connectivity index (χ1n) is 7.85. The summed E-state index contributed by atoms with van der Waals surface area (Å²) in [4.78, 5) is 21.4. The van der Waals surface area contributed by atoms with Gasteiger partial charge in [-0.2, -0.15) is 0 Å². The summed E-state index contributed by atoms with van der Waals surface area (Å²) in [6.07, 6.45) is 10.2. The maximum Gasteiger partial charge on any atom is 0.278 e. The number of fused-ring (bicyclic) bond motifs is 1. The number of aromatic nitrogens is 3. The molecular formula is C17H19ClN4O. The maximum absolute atomic E-state index is 12.6. The zero-order chi connectivity index (χ0) is 16.4. The van der Waals surface area contributed by atoms with Crippen LogP contribution in [-0.2, 0) is 6.42 Å². The molecule has 0 atom stereocenters. The van der Waals surface area contributed by atoms with Crippen molar-refractivity contribution in [1.82, 2.24) is 14.6 Å². The summed E-state index contributed by atoms with van der Waals surface area (Å²) < 4.78 is 1.10. The molecule has 2 N–H and O–H groups in total. The maximum atomic E-state index is 12.6. The van der Waals surface area contributed by atoms with Gasteiger partial charge < -0.3 is 5.84 Å². The van der Waals surface area contributed by atoms with E-state index in [1.807, 2.05) is 12.2 Å². The second-order valence-electron chi connectivity index (χ2n) is 5.65. The van der Waals surface area contributed by atoms with Crippen LogP contribution in [0.4, 0.5) is 0 Å². The Morgan fingerprint density at radius 2 is 2.13 bits per heavy atom. The van der Waals surface area contributed by atoms with E-state index in [1.54, 1.807) is 12.3 Å². The first-order valence-corrected chi connectivity index (χ1v) is 8.23. The van der Waals surface area contributed by atoms with Crippen LogP contribution in [0.2, 0.25) is 0 Å². The highest BCUT2D eigenvalue weighted by Crippen LogP contribution is 2.30. The average molecular weight is 331 g/mol. The van der Waals surface area contributed by atoms with Crippen LogP contribution in [0.3, 0.4) is 0 Å². The molecule has 3 rings (SSSR count). The highest BCUT2D eigenvalue weighted by molar-refractivity contribution is 6.37. The normalized spacial score (nSPS) is 14.7. The van der Waals surface area contributed by atoms with E-state index in [0.29, 0.717) is 22.1 Å². The Hall–Kier alpha value is -2.14. The fourth-order valence-electron chi connectivity index (χ4n) is 2.69. The van der Waals surface area contributed by atoms with Crippen molar-refractivity contribution >= 4 is 28.2 Å². The molecule has 0 aliphatic heterocycles. The van der Waals surface area contributed by atoms with Crippen LogP contribution in [-0.4, -0.2) is 14.6 Å². The molecule has 1 aliphatic rings. The fraction of sp³-hybridized carbons (Fsp3) is 0.353. The Balaban J connectivity index is 2.13. The second kappa shape index (κ2) is 6.54. The third-order valence-corrected chi connectivity index (χ3v) is 4.32. The van der Waals surface area contributed by atoms with Crippen LogP contribution >= 0.6 is 11.6 Å². The molecule has 0 saturated heterocycles. The predicted octanol–water partition coefficient (Wildman–Crippen LogP) is 3.15. The van der Waals surface area contributed by atoms with Crippen molar-refractivity contribution in [3.05, 3.63) is 51.2 Å².